The topological polar surface area (TPSA) is 52.9 Å². The highest BCUT2D eigenvalue weighted by Crippen LogP contribution is 2.41. The molecule has 0 aliphatic carbocycles. The lowest BCUT2D eigenvalue weighted by molar-refractivity contribution is -0.113. The summed E-state index contributed by atoms with van der Waals surface area (Å²) < 4.78 is 0. The molecule has 0 atom stereocenters. The summed E-state index contributed by atoms with van der Waals surface area (Å²) in [5, 5.41) is 10.1. The van der Waals surface area contributed by atoms with E-state index in [9.17, 15) is 9.90 Å². The first-order valence-electron chi connectivity index (χ1n) is 7.84. The number of carbonyl (C=O) groups is 1. The first-order chi connectivity index (χ1) is 11.4. The Balaban J connectivity index is 2.42. The van der Waals surface area contributed by atoms with Gasteiger partial charge in [0.25, 0.3) is 0 Å². The Morgan fingerprint density at radius 1 is 1.04 bits per heavy atom. The van der Waals surface area contributed by atoms with Crippen LogP contribution < -0.4 is 4.90 Å². The lowest BCUT2D eigenvalue weighted by Gasteiger charge is -2.22. The van der Waals surface area contributed by atoms with Crippen molar-refractivity contribution in [2.24, 2.45) is 4.99 Å². The third-order valence-electron chi connectivity index (χ3n) is 4.27. The van der Waals surface area contributed by atoms with Crippen molar-refractivity contribution in [1.29, 1.82) is 0 Å². The van der Waals surface area contributed by atoms with E-state index in [1.54, 1.807) is 0 Å². The summed E-state index contributed by atoms with van der Waals surface area (Å²) in [5.41, 5.74) is 5.34. The van der Waals surface area contributed by atoms with E-state index in [-0.39, 0.29) is 17.1 Å². The number of allylic oxidation sites excluding steroid dienone is 2. The molecule has 1 N–H and O–H groups in total. The molecule has 0 spiro atoms. The summed E-state index contributed by atoms with van der Waals surface area (Å²) in [6.07, 6.45) is 0. The molecule has 1 heterocycles. The number of fused-ring (bicyclic) bond motifs is 2. The van der Waals surface area contributed by atoms with Gasteiger partial charge < -0.3 is 10.0 Å². The maximum absolute atomic E-state index is 12.2. The van der Waals surface area contributed by atoms with Gasteiger partial charge in [0.1, 0.15) is 5.76 Å². The molecular formula is C20H20N2O2. The van der Waals surface area contributed by atoms with Crippen LogP contribution in [-0.4, -0.2) is 23.6 Å². The van der Waals surface area contributed by atoms with Crippen molar-refractivity contribution in [2.75, 3.05) is 11.9 Å². The van der Waals surface area contributed by atoms with Gasteiger partial charge in [0.15, 0.2) is 5.78 Å². The average Bonchev–Trinajstić information content (AvgIpc) is 2.65. The number of aryl methyl sites for hydroxylation is 1. The van der Waals surface area contributed by atoms with Crippen molar-refractivity contribution in [2.45, 2.75) is 20.8 Å². The lowest BCUT2D eigenvalue weighted by Crippen LogP contribution is -2.17. The number of nitrogens with zero attached hydrogens (tertiary/aromatic N) is 2. The normalized spacial score (nSPS) is 14.2. The quantitative estimate of drug-likeness (QED) is 0.649. The minimum absolute atomic E-state index is 0.0178. The molecular weight excluding hydrogens is 300 g/mol. The number of hydrogen-bond acceptors (Lipinski definition) is 4. The Morgan fingerprint density at radius 2 is 1.71 bits per heavy atom. The molecule has 122 valence electrons. The zero-order valence-electron chi connectivity index (χ0n) is 14.3. The highest BCUT2D eigenvalue weighted by atomic mass is 16.3. The van der Waals surface area contributed by atoms with Crippen LogP contribution in [0, 0.1) is 6.92 Å². The minimum atomic E-state index is -0.205. The Morgan fingerprint density at radius 3 is 2.38 bits per heavy atom. The van der Waals surface area contributed by atoms with Gasteiger partial charge in [0.05, 0.1) is 28.3 Å². The number of aliphatic hydroxyl groups is 1. The monoisotopic (exact) mass is 320 g/mol. The van der Waals surface area contributed by atoms with Crippen molar-refractivity contribution < 1.29 is 9.90 Å². The first-order valence-corrected chi connectivity index (χ1v) is 7.84. The molecule has 0 saturated heterocycles. The molecule has 0 bridgehead atoms. The van der Waals surface area contributed by atoms with Crippen LogP contribution in [0.3, 0.4) is 0 Å². The van der Waals surface area contributed by atoms with Gasteiger partial charge in [-0.05, 0) is 38.5 Å². The number of hydrogen-bond donors (Lipinski definition) is 1. The average molecular weight is 320 g/mol. The van der Waals surface area contributed by atoms with Crippen molar-refractivity contribution >= 4 is 28.6 Å². The second-order valence-electron chi connectivity index (χ2n) is 6.00. The minimum Gasteiger partial charge on any atom is -0.512 e. The number of ketones is 1. The van der Waals surface area contributed by atoms with Gasteiger partial charge in [-0.1, -0.05) is 30.3 Å². The smallest absolute Gasteiger partial charge is 0.165 e. The molecule has 1 aliphatic rings. The molecule has 3 rings (SSSR count). The summed E-state index contributed by atoms with van der Waals surface area (Å²) in [6.45, 7) is 4.97. The third kappa shape index (κ3) is 2.50. The molecule has 24 heavy (non-hydrogen) atoms. The summed E-state index contributed by atoms with van der Waals surface area (Å²) >= 11 is 0. The molecule has 0 saturated carbocycles. The molecule has 0 aromatic heterocycles. The highest BCUT2D eigenvalue weighted by molar-refractivity contribution is 6.31. The summed E-state index contributed by atoms with van der Waals surface area (Å²) in [7, 11) is 1.98. The van der Waals surface area contributed by atoms with Crippen molar-refractivity contribution in [3.8, 4) is 0 Å². The maximum Gasteiger partial charge on any atom is 0.165 e. The fraction of sp³-hybridized carbons (Fsp3) is 0.200. The maximum atomic E-state index is 12.2. The predicted molar refractivity (Wildman–Crippen MR) is 97.9 cm³/mol. The molecule has 0 radical (unpaired) electrons. The predicted octanol–water partition coefficient (Wildman–Crippen LogP) is 4.62. The Bertz CT molecular complexity index is 890. The molecule has 2 aromatic carbocycles. The van der Waals surface area contributed by atoms with E-state index in [1.807, 2.05) is 56.4 Å². The lowest BCUT2D eigenvalue weighted by atomic mass is 9.97. The second-order valence-corrected chi connectivity index (χ2v) is 6.00. The van der Waals surface area contributed by atoms with Crippen molar-refractivity contribution in [3.05, 3.63) is 64.9 Å². The number of benzene rings is 2. The van der Waals surface area contributed by atoms with Crippen LogP contribution in [0.4, 0.5) is 17.1 Å². The largest absolute Gasteiger partial charge is 0.512 e. The van der Waals surface area contributed by atoms with Crippen LogP contribution in [0.25, 0.3) is 0 Å². The van der Waals surface area contributed by atoms with Gasteiger partial charge in [0.2, 0.25) is 0 Å². The fourth-order valence-corrected chi connectivity index (χ4v) is 3.11. The number of aliphatic imine (C=N–C) groups is 1. The zero-order chi connectivity index (χ0) is 17.4. The summed E-state index contributed by atoms with van der Waals surface area (Å²) in [4.78, 5) is 19.1. The van der Waals surface area contributed by atoms with E-state index in [2.05, 4.69) is 4.90 Å². The second kappa shape index (κ2) is 5.96. The number of carbonyl (C=O) groups excluding carboxylic acids is 1. The third-order valence-corrected chi connectivity index (χ3v) is 4.27. The Labute approximate surface area is 141 Å². The zero-order valence-corrected chi connectivity index (χ0v) is 14.3. The van der Waals surface area contributed by atoms with Crippen molar-refractivity contribution in [3.63, 3.8) is 0 Å². The fourth-order valence-electron chi connectivity index (χ4n) is 3.11. The molecule has 1 aliphatic heterocycles. The Hall–Kier alpha value is -2.88. The summed E-state index contributed by atoms with van der Waals surface area (Å²) in [6, 6.07) is 13.8. The SMILES string of the molecule is CC(=O)/C(C1=Nc2c(C)cccc2N(C)c2ccccc21)=C(\C)O. The standard InChI is InChI=1S/C20H20N2O2/c1-12-8-7-11-17-19(12)21-20(18(13(2)23)14(3)24)15-9-5-6-10-16(15)22(17)4/h5-11,23H,1-4H3/b18-13-. The van der Waals surface area contributed by atoms with Gasteiger partial charge in [0, 0.05) is 12.6 Å². The van der Waals surface area contributed by atoms with Gasteiger partial charge >= 0.3 is 0 Å². The number of anilines is 2. The van der Waals surface area contributed by atoms with E-state index in [0.717, 1.165) is 28.2 Å². The van der Waals surface area contributed by atoms with E-state index < -0.39 is 0 Å². The highest BCUT2D eigenvalue weighted by Gasteiger charge is 2.26. The van der Waals surface area contributed by atoms with E-state index in [1.165, 1.54) is 13.8 Å². The number of aliphatic hydroxyl groups excluding tert-OH is 1. The molecule has 2 aromatic rings. The van der Waals surface area contributed by atoms with Crippen LogP contribution in [0.5, 0.6) is 0 Å². The summed E-state index contributed by atoms with van der Waals surface area (Å²) in [5.74, 6) is -0.223. The van der Waals surface area contributed by atoms with Gasteiger partial charge in [-0.3, -0.25) is 4.79 Å². The molecule has 4 heteroatoms. The molecule has 0 unspecified atom stereocenters. The Kier molecular flexibility index (Phi) is 3.97. The molecule has 4 nitrogen and oxygen atoms in total. The first kappa shape index (κ1) is 16.0. The number of para-hydroxylation sites is 2. The number of Topliss-reactive ketones (excluding diaryl/α,β-unsaturated/α-hetero) is 1. The van der Waals surface area contributed by atoms with Gasteiger partial charge in [-0.25, -0.2) is 4.99 Å². The van der Waals surface area contributed by atoms with Gasteiger partial charge in [-0.2, -0.15) is 0 Å². The van der Waals surface area contributed by atoms with Crippen LogP contribution in [0.2, 0.25) is 0 Å². The molecule has 0 fully saturated rings. The van der Waals surface area contributed by atoms with Crippen LogP contribution in [-0.2, 0) is 4.79 Å². The van der Waals surface area contributed by atoms with Gasteiger partial charge in [-0.15, -0.1) is 0 Å². The van der Waals surface area contributed by atoms with Crippen LogP contribution in [0.15, 0.2) is 58.8 Å². The van der Waals surface area contributed by atoms with Crippen molar-refractivity contribution in [1.82, 2.24) is 0 Å². The molecule has 0 amide bonds. The van der Waals surface area contributed by atoms with Crippen LogP contribution >= 0.6 is 0 Å². The number of rotatable bonds is 2. The van der Waals surface area contributed by atoms with E-state index in [4.69, 9.17) is 4.99 Å². The van der Waals surface area contributed by atoms with E-state index in [0.29, 0.717) is 5.71 Å². The van der Waals surface area contributed by atoms with Crippen LogP contribution in [0.1, 0.15) is 25.0 Å². The van der Waals surface area contributed by atoms with E-state index >= 15 is 0 Å².